The summed E-state index contributed by atoms with van der Waals surface area (Å²) in [7, 11) is 0. The second kappa shape index (κ2) is 13.2. The normalized spacial score (nSPS) is 16.3. The molecule has 0 atom stereocenters. The van der Waals surface area contributed by atoms with Crippen LogP contribution in [0, 0.1) is 5.92 Å². The van der Waals surface area contributed by atoms with Crippen molar-refractivity contribution in [2.75, 3.05) is 39.3 Å². The van der Waals surface area contributed by atoms with Crippen molar-refractivity contribution in [3.05, 3.63) is 36.8 Å². The van der Waals surface area contributed by atoms with Gasteiger partial charge in [0.05, 0.1) is 6.26 Å². The molecule has 0 bridgehead atoms. The molecular weight excluding hydrogens is 427 g/mol. The monoisotopic (exact) mass is 460 g/mol. The number of aliphatic imine (C=N–C) groups is 1. The van der Waals surface area contributed by atoms with E-state index in [0.717, 1.165) is 56.7 Å². The summed E-state index contributed by atoms with van der Waals surface area (Å²) in [5.41, 5.74) is 0. The maximum Gasteiger partial charge on any atom is 0.191 e. The highest BCUT2D eigenvalue weighted by atomic mass is 127. The molecule has 2 N–H and O–H groups in total. The van der Waals surface area contributed by atoms with Crippen LogP contribution in [0.25, 0.3) is 0 Å². The zero-order valence-corrected chi connectivity index (χ0v) is 17.7. The number of rotatable bonds is 9. The van der Waals surface area contributed by atoms with E-state index in [0.29, 0.717) is 0 Å². The number of likely N-dealkylation sites (tertiary alicyclic amines) is 1. The smallest absolute Gasteiger partial charge is 0.191 e. The van der Waals surface area contributed by atoms with Crippen molar-refractivity contribution < 1.29 is 4.42 Å². The van der Waals surface area contributed by atoms with Crippen LogP contribution in [0.5, 0.6) is 0 Å². The van der Waals surface area contributed by atoms with Gasteiger partial charge in [0.15, 0.2) is 5.96 Å². The van der Waals surface area contributed by atoms with E-state index in [-0.39, 0.29) is 24.0 Å². The number of hydrogen-bond acceptors (Lipinski definition) is 3. The minimum absolute atomic E-state index is 0. The predicted octanol–water partition coefficient (Wildman–Crippen LogP) is 3.28. The summed E-state index contributed by atoms with van der Waals surface area (Å²) in [5.74, 6) is 2.74. The van der Waals surface area contributed by atoms with Crippen LogP contribution >= 0.6 is 24.0 Å². The van der Waals surface area contributed by atoms with Crippen LogP contribution in [0.4, 0.5) is 0 Å². The summed E-state index contributed by atoms with van der Waals surface area (Å²) in [5, 5.41) is 6.62. The molecule has 2 rings (SSSR count). The highest BCUT2D eigenvalue weighted by Crippen LogP contribution is 2.15. The molecule has 0 aromatic carbocycles. The lowest BCUT2D eigenvalue weighted by atomic mass is 9.99. The third-order valence-electron chi connectivity index (χ3n) is 4.44. The molecule has 0 spiro atoms. The SMILES string of the molecule is C=CCNC(=NCCCN1CCC(C)CC1)NCCc1ccco1.I. The standard InChI is InChI=1S/C19H32N4O.HI/c1-3-10-20-19(22-12-7-18-6-4-16-24-18)21-11-5-13-23-14-8-17(2)9-15-23;/h3-4,6,16-17H,1,5,7-15H2,2H3,(H2,20,21,22);1H. The number of hydrogen-bond donors (Lipinski definition) is 2. The highest BCUT2D eigenvalue weighted by molar-refractivity contribution is 14.0. The van der Waals surface area contributed by atoms with Crippen LogP contribution in [0.15, 0.2) is 40.5 Å². The quantitative estimate of drug-likeness (QED) is 0.195. The summed E-state index contributed by atoms with van der Waals surface area (Å²) in [6.45, 7) is 12.1. The third-order valence-corrected chi connectivity index (χ3v) is 4.44. The van der Waals surface area contributed by atoms with Gasteiger partial charge >= 0.3 is 0 Å². The number of guanidine groups is 1. The topological polar surface area (TPSA) is 52.8 Å². The summed E-state index contributed by atoms with van der Waals surface area (Å²) in [6.07, 6.45) is 8.19. The van der Waals surface area contributed by atoms with Gasteiger partial charge in [-0.15, -0.1) is 30.6 Å². The molecule has 0 unspecified atom stereocenters. The molecule has 0 amide bonds. The Hall–Kier alpha value is -1.02. The first-order chi connectivity index (χ1) is 11.8. The molecule has 1 aromatic heterocycles. The third kappa shape index (κ3) is 9.30. The Morgan fingerprint density at radius 1 is 1.40 bits per heavy atom. The lowest BCUT2D eigenvalue weighted by Gasteiger charge is -2.29. The molecule has 2 heterocycles. The van der Waals surface area contributed by atoms with E-state index in [4.69, 9.17) is 4.42 Å². The lowest BCUT2D eigenvalue weighted by Crippen LogP contribution is -2.39. The maximum absolute atomic E-state index is 5.35. The maximum atomic E-state index is 5.35. The van der Waals surface area contributed by atoms with Gasteiger partial charge in [-0.25, -0.2) is 0 Å². The Bertz CT molecular complexity index is 482. The first-order valence-corrected chi connectivity index (χ1v) is 9.15. The van der Waals surface area contributed by atoms with E-state index in [1.807, 2.05) is 18.2 Å². The largest absolute Gasteiger partial charge is 0.469 e. The second-order valence-electron chi connectivity index (χ2n) is 6.53. The molecule has 0 aliphatic carbocycles. The van der Waals surface area contributed by atoms with Gasteiger partial charge in [-0.3, -0.25) is 4.99 Å². The van der Waals surface area contributed by atoms with Gasteiger partial charge in [0, 0.05) is 26.1 Å². The van der Waals surface area contributed by atoms with Gasteiger partial charge in [-0.2, -0.15) is 0 Å². The Morgan fingerprint density at radius 2 is 2.20 bits per heavy atom. The fraction of sp³-hybridized carbons (Fsp3) is 0.632. The first-order valence-electron chi connectivity index (χ1n) is 9.15. The van der Waals surface area contributed by atoms with Crippen molar-refractivity contribution in [1.29, 1.82) is 0 Å². The van der Waals surface area contributed by atoms with Gasteiger partial charge in [0.25, 0.3) is 0 Å². The van der Waals surface area contributed by atoms with E-state index in [1.165, 1.54) is 25.9 Å². The minimum Gasteiger partial charge on any atom is -0.469 e. The molecule has 1 aromatic rings. The summed E-state index contributed by atoms with van der Waals surface area (Å²) < 4.78 is 5.35. The predicted molar refractivity (Wildman–Crippen MR) is 116 cm³/mol. The van der Waals surface area contributed by atoms with Crippen molar-refractivity contribution in [3.63, 3.8) is 0 Å². The van der Waals surface area contributed by atoms with Crippen molar-refractivity contribution in [3.8, 4) is 0 Å². The number of nitrogens with one attached hydrogen (secondary N) is 2. The molecule has 1 saturated heterocycles. The lowest BCUT2D eigenvalue weighted by molar-refractivity contribution is 0.192. The number of furan rings is 1. The first kappa shape index (κ1) is 22.0. The molecule has 142 valence electrons. The van der Waals surface area contributed by atoms with E-state index < -0.39 is 0 Å². The van der Waals surface area contributed by atoms with Crippen molar-refractivity contribution in [1.82, 2.24) is 15.5 Å². The van der Waals surface area contributed by atoms with Gasteiger partial charge in [-0.05, 0) is 56.9 Å². The Labute approximate surface area is 169 Å². The molecule has 0 saturated carbocycles. The van der Waals surface area contributed by atoms with Gasteiger partial charge in [-0.1, -0.05) is 13.0 Å². The number of piperidine rings is 1. The summed E-state index contributed by atoms with van der Waals surface area (Å²) in [6, 6.07) is 3.91. The van der Waals surface area contributed by atoms with Crippen LogP contribution in [0.3, 0.4) is 0 Å². The van der Waals surface area contributed by atoms with Crippen molar-refractivity contribution >= 4 is 29.9 Å². The fourth-order valence-corrected chi connectivity index (χ4v) is 2.87. The highest BCUT2D eigenvalue weighted by Gasteiger charge is 2.14. The fourth-order valence-electron chi connectivity index (χ4n) is 2.87. The van der Waals surface area contributed by atoms with Crippen LogP contribution < -0.4 is 10.6 Å². The average molecular weight is 460 g/mol. The molecule has 25 heavy (non-hydrogen) atoms. The Kier molecular flexibility index (Phi) is 11.6. The molecule has 1 aliphatic rings. The molecule has 0 radical (unpaired) electrons. The number of halogens is 1. The van der Waals surface area contributed by atoms with Crippen LogP contribution in [0.1, 0.15) is 31.9 Å². The summed E-state index contributed by atoms with van der Waals surface area (Å²) in [4.78, 5) is 7.23. The van der Waals surface area contributed by atoms with E-state index in [2.05, 4.69) is 34.0 Å². The van der Waals surface area contributed by atoms with E-state index in [1.54, 1.807) is 6.26 Å². The van der Waals surface area contributed by atoms with Crippen LogP contribution in [0.2, 0.25) is 0 Å². The van der Waals surface area contributed by atoms with Crippen LogP contribution in [-0.4, -0.2) is 50.1 Å². The Balaban J connectivity index is 0.00000312. The van der Waals surface area contributed by atoms with Crippen LogP contribution in [-0.2, 0) is 6.42 Å². The zero-order chi connectivity index (χ0) is 17.0. The van der Waals surface area contributed by atoms with Crippen molar-refractivity contribution in [2.24, 2.45) is 10.9 Å². The van der Waals surface area contributed by atoms with Gasteiger partial charge in [0.2, 0.25) is 0 Å². The molecule has 1 aliphatic heterocycles. The Morgan fingerprint density at radius 3 is 2.88 bits per heavy atom. The molecule has 6 heteroatoms. The average Bonchev–Trinajstić information content (AvgIpc) is 3.11. The van der Waals surface area contributed by atoms with E-state index in [9.17, 15) is 0 Å². The molecular formula is C19H33IN4O. The van der Waals surface area contributed by atoms with Crippen molar-refractivity contribution in [2.45, 2.75) is 32.6 Å². The van der Waals surface area contributed by atoms with Gasteiger partial charge in [0.1, 0.15) is 5.76 Å². The van der Waals surface area contributed by atoms with Gasteiger partial charge < -0.3 is 20.0 Å². The molecule has 1 fully saturated rings. The minimum atomic E-state index is 0. The van der Waals surface area contributed by atoms with E-state index >= 15 is 0 Å². The molecule has 5 nitrogen and oxygen atoms in total. The second-order valence-corrected chi connectivity index (χ2v) is 6.53. The summed E-state index contributed by atoms with van der Waals surface area (Å²) >= 11 is 0. The number of nitrogens with zero attached hydrogens (tertiary/aromatic N) is 2. The zero-order valence-electron chi connectivity index (χ0n) is 15.4.